The van der Waals surface area contributed by atoms with Gasteiger partial charge in [0, 0.05) is 26.2 Å². The van der Waals surface area contributed by atoms with E-state index in [1.165, 1.54) is 36.7 Å². The maximum atomic E-state index is 12.5. The van der Waals surface area contributed by atoms with Crippen molar-refractivity contribution in [2.75, 3.05) is 20.8 Å². The maximum absolute atomic E-state index is 12.5. The summed E-state index contributed by atoms with van der Waals surface area (Å²) >= 11 is 6.04. The number of halogens is 1. The van der Waals surface area contributed by atoms with E-state index < -0.39 is 15.9 Å². The van der Waals surface area contributed by atoms with Crippen LogP contribution in [0.15, 0.2) is 23.1 Å². The first-order valence-electron chi connectivity index (χ1n) is 7.18. The smallest absolute Gasteiger partial charge is 0.253 e. The van der Waals surface area contributed by atoms with Crippen LogP contribution in [-0.2, 0) is 14.8 Å². The second-order valence-corrected chi connectivity index (χ2v) is 7.99. The molecule has 0 spiro atoms. The number of methoxy groups -OCH3 is 1. The lowest BCUT2D eigenvalue weighted by atomic mass is 10.2. The van der Waals surface area contributed by atoms with Gasteiger partial charge < -0.3 is 10.1 Å². The van der Waals surface area contributed by atoms with Crippen LogP contribution in [0.25, 0.3) is 0 Å². The molecule has 1 atom stereocenters. The highest BCUT2D eigenvalue weighted by atomic mass is 35.5. The standard InChI is InChI=1S/C15H23ClN2O4S/c1-10(2)18(4)23(20,21)12-6-7-14(16)13(8-12)15(19)17-11(3)9-22-5/h6-8,10-11H,9H2,1-5H3,(H,17,19). The number of hydrogen-bond donors (Lipinski definition) is 1. The summed E-state index contributed by atoms with van der Waals surface area (Å²) in [4.78, 5) is 12.3. The zero-order valence-corrected chi connectivity index (χ0v) is 15.5. The summed E-state index contributed by atoms with van der Waals surface area (Å²) < 4.78 is 31.2. The van der Waals surface area contributed by atoms with Gasteiger partial charge in [-0.2, -0.15) is 4.31 Å². The molecule has 130 valence electrons. The van der Waals surface area contributed by atoms with E-state index in [-0.39, 0.29) is 27.6 Å². The lowest BCUT2D eigenvalue weighted by molar-refractivity contribution is 0.0905. The Morgan fingerprint density at radius 3 is 2.48 bits per heavy atom. The van der Waals surface area contributed by atoms with Gasteiger partial charge in [0.25, 0.3) is 5.91 Å². The van der Waals surface area contributed by atoms with Gasteiger partial charge in [-0.3, -0.25) is 4.79 Å². The molecule has 6 nitrogen and oxygen atoms in total. The van der Waals surface area contributed by atoms with Crippen LogP contribution in [0.3, 0.4) is 0 Å². The number of ether oxygens (including phenoxy) is 1. The van der Waals surface area contributed by atoms with Crippen molar-refractivity contribution in [1.29, 1.82) is 0 Å². The highest BCUT2D eigenvalue weighted by molar-refractivity contribution is 7.89. The molecule has 0 saturated heterocycles. The topological polar surface area (TPSA) is 75.7 Å². The van der Waals surface area contributed by atoms with Crippen LogP contribution >= 0.6 is 11.6 Å². The lowest BCUT2D eigenvalue weighted by Gasteiger charge is -2.21. The molecular weight excluding hydrogens is 340 g/mol. The third-order valence-electron chi connectivity index (χ3n) is 3.38. The van der Waals surface area contributed by atoms with Crippen LogP contribution in [0, 0.1) is 0 Å². The first-order chi connectivity index (χ1) is 10.6. The van der Waals surface area contributed by atoms with E-state index in [2.05, 4.69) is 5.32 Å². The van der Waals surface area contributed by atoms with Gasteiger partial charge in [-0.1, -0.05) is 11.6 Å². The number of carbonyl (C=O) groups excluding carboxylic acids is 1. The second-order valence-electron chi connectivity index (χ2n) is 5.59. The van der Waals surface area contributed by atoms with Gasteiger partial charge in [0.2, 0.25) is 10.0 Å². The van der Waals surface area contributed by atoms with E-state index in [4.69, 9.17) is 16.3 Å². The third kappa shape index (κ3) is 4.91. The number of nitrogens with one attached hydrogen (secondary N) is 1. The Labute approximate surface area is 142 Å². The molecule has 0 aliphatic heterocycles. The summed E-state index contributed by atoms with van der Waals surface area (Å²) in [5, 5.41) is 2.90. The summed E-state index contributed by atoms with van der Waals surface area (Å²) in [5.74, 6) is -0.441. The Morgan fingerprint density at radius 1 is 1.35 bits per heavy atom. The first-order valence-corrected chi connectivity index (χ1v) is 9.00. The second kappa shape index (κ2) is 8.10. The minimum Gasteiger partial charge on any atom is -0.383 e. The zero-order chi connectivity index (χ0) is 17.8. The van der Waals surface area contributed by atoms with Gasteiger partial charge in [0.1, 0.15) is 0 Å². The molecule has 0 heterocycles. The van der Waals surface area contributed by atoms with E-state index in [0.29, 0.717) is 6.61 Å². The molecule has 0 aromatic heterocycles. The molecule has 1 N–H and O–H groups in total. The highest BCUT2D eigenvalue weighted by Gasteiger charge is 2.25. The number of rotatable bonds is 7. The van der Waals surface area contributed by atoms with Gasteiger partial charge in [0.15, 0.2) is 0 Å². The predicted molar refractivity (Wildman–Crippen MR) is 90.3 cm³/mol. The van der Waals surface area contributed by atoms with E-state index in [1.54, 1.807) is 20.8 Å². The molecule has 0 radical (unpaired) electrons. The van der Waals surface area contributed by atoms with Crippen LogP contribution in [0.5, 0.6) is 0 Å². The Morgan fingerprint density at radius 2 is 1.96 bits per heavy atom. The summed E-state index contributed by atoms with van der Waals surface area (Å²) in [7, 11) is -0.652. The van der Waals surface area contributed by atoms with Crippen LogP contribution in [-0.4, -0.2) is 51.5 Å². The van der Waals surface area contributed by atoms with Gasteiger partial charge in [-0.25, -0.2) is 8.42 Å². The minimum atomic E-state index is -3.68. The van der Waals surface area contributed by atoms with Gasteiger partial charge in [-0.05, 0) is 39.0 Å². The van der Waals surface area contributed by atoms with Crippen LogP contribution in [0.2, 0.25) is 5.02 Å². The SMILES string of the molecule is COCC(C)NC(=O)c1cc(S(=O)(=O)N(C)C(C)C)ccc1Cl. The molecule has 23 heavy (non-hydrogen) atoms. The fraction of sp³-hybridized carbons (Fsp3) is 0.533. The molecule has 1 aromatic carbocycles. The summed E-state index contributed by atoms with van der Waals surface area (Å²) in [6.45, 7) is 5.67. The van der Waals surface area contributed by atoms with E-state index in [9.17, 15) is 13.2 Å². The van der Waals surface area contributed by atoms with Crippen molar-refractivity contribution in [3.8, 4) is 0 Å². The molecule has 0 saturated carbocycles. The Balaban J connectivity index is 3.16. The molecule has 0 bridgehead atoms. The summed E-state index contributed by atoms with van der Waals surface area (Å²) in [6.07, 6.45) is 0. The number of hydrogen-bond acceptors (Lipinski definition) is 4. The normalized spacial score (nSPS) is 13.4. The number of carbonyl (C=O) groups is 1. The van der Waals surface area contributed by atoms with Crippen LogP contribution in [0.4, 0.5) is 0 Å². The van der Waals surface area contributed by atoms with E-state index in [0.717, 1.165) is 0 Å². The van der Waals surface area contributed by atoms with Crippen LogP contribution in [0.1, 0.15) is 31.1 Å². The third-order valence-corrected chi connectivity index (χ3v) is 5.74. The molecule has 0 aliphatic carbocycles. The largest absolute Gasteiger partial charge is 0.383 e. The first kappa shape index (κ1) is 19.9. The summed E-state index contributed by atoms with van der Waals surface area (Å²) in [6, 6.07) is 3.69. The average Bonchev–Trinajstić information content (AvgIpc) is 2.46. The molecule has 1 rings (SSSR count). The number of sulfonamides is 1. The van der Waals surface area contributed by atoms with Crippen molar-refractivity contribution < 1.29 is 17.9 Å². The molecule has 1 aromatic rings. The van der Waals surface area contributed by atoms with E-state index in [1.807, 2.05) is 0 Å². The summed E-state index contributed by atoms with van der Waals surface area (Å²) in [5.41, 5.74) is 0.118. The highest BCUT2D eigenvalue weighted by Crippen LogP contribution is 2.23. The van der Waals surface area contributed by atoms with Crippen molar-refractivity contribution in [1.82, 2.24) is 9.62 Å². The van der Waals surface area contributed by atoms with Crippen molar-refractivity contribution in [3.63, 3.8) is 0 Å². The Bertz CT molecular complexity index is 661. The van der Waals surface area contributed by atoms with E-state index >= 15 is 0 Å². The molecular formula is C15H23ClN2O4S. The van der Waals surface area contributed by atoms with Gasteiger partial charge >= 0.3 is 0 Å². The average molecular weight is 363 g/mol. The van der Waals surface area contributed by atoms with Crippen molar-refractivity contribution in [2.45, 2.75) is 37.8 Å². The van der Waals surface area contributed by atoms with Gasteiger partial charge in [-0.15, -0.1) is 0 Å². The van der Waals surface area contributed by atoms with Crippen molar-refractivity contribution in [3.05, 3.63) is 28.8 Å². The zero-order valence-electron chi connectivity index (χ0n) is 14.0. The molecule has 8 heteroatoms. The van der Waals surface area contributed by atoms with Crippen molar-refractivity contribution >= 4 is 27.5 Å². The monoisotopic (exact) mass is 362 g/mol. The Kier molecular flexibility index (Phi) is 7.01. The molecule has 1 amide bonds. The lowest BCUT2D eigenvalue weighted by Crippen LogP contribution is -2.36. The fourth-order valence-electron chi connectivity index (χ4n) is 1.88. The quantitative estimate of drug-likeness (QED) is 0.806. The number of nitrogens with zero attached hydrogens (tertiary/aromatic N) is 1. The predicted octanol–water partition coefficient (Wildman–Crippen LogP) is 2.13. The maximum Gasteiger partial charge on any atom is 0.253 e. The molecule has 0 fully saturated rings. The molecule has 0 aliphatic rings. The Hall–Kier alpha value is -1.15. The number of amides is 1. The van der Waals surface area contributed by atoms with Crippen LogP contribution < -0.4 is 5.32 Å². The fourth-order valence-corrected chi connectivity index (χ4v) is 3.47. The van der Waals surface area contributed by atoms with Crippen molar-refractivity contribution in [2.24, 2.45) is 0 Å². The number of benzene rings is 1. The minimum absolute atomic E-state index is 0.0302. The van der Waals surface area contributed by atoms with Gasteiger partial charge in [0.05, 0.1) is 22.1 Å². The molecule has 1 unspecified atom stereocenters.